The third-order valence-electron chi connectivity index (χ3n) is 4.15. The summed E-state index contributed by atoms with van der Waals surface area (Å²) in [6.07, 6.45) is 2.14. The topological polar surface area (TPSA) is 81.9 Å². The first-order valence-corrected chi connectivity index (χ1v) is 8.95. The van der Waals surface area contributed by atoms with Gasteiger partial charge in [0.25, 0.3) is 0 Å². The van der Waals surface area contributed by atoms with Crippen molar-refractivity contribution in [2.45, 2.75) is 24.8 Å². The first-order chi connectivity index (χ1) is 9.49. The Hall–Kier alpha value is -0.210. The van der Waals surface area contributed by atoms with Gasteiger partial charge in [-0.25, -0.2) is 8.42 Å². The van der Waals surface area contributed by atoms with E-state index in [1.54, 1.807) is 14.2 Å². The second-order valence-corrected chi connectivity index (χ2v) is 7.71. The molecule has 7 heteroatoms. The van der Waals surface area contributed by atoms with Gasteiger partial charge in [-0.05, 0) is 19.3 Å². The van der Waals surface area contributed by atoms with Crippen molar-refractivity contribution in [2.75, 3.05) is 58.6 Å². The van der Waals surface area contributed by atoms with Crippen LogP contribution in [0, 0.1) is 0 Å². The number of sulfone groups is 1. The van der Waals surface area contributed by atoms with Gasteiger partial charge in [-0.3, -0.25) is 4.90 Å². The van der Waals surface area contributed by atoms with Crippen molar-refractivity contribution in [1.29, 1.82) is 0 Å². The van der Waals surface area contributed by atoms with Gasteiger partial charge in [0.1, 0.15) is 9.84 Å². The van der Waals surface area contributed by atoms with E-state index in [1.807, 2.05) is 0 Å². The molecule has 0 aromatic rings. The van der Waals surface area contributed by atoms with Crippen LogP contribution in [0.15, 0.2) is 0 Å². The summed E-state index contributed by atoms with van der Waals surface area (Å²) in [6, 6.07) is 0. The molecule has 0 aliphatic carbocycles. The number of methoxy groups -OCH3 is 2. The Kier molecular flexibility index (Phi) is 7.39. The lowest BCUT2D eigenvalue weighted by molar-refractivity contribution is 0.0445. The molecule has 2 N–H and O–H groups in total. The van der Waals surface area contributed by atoms with Gasteiger partial charge >= 0.3 is 0 Å². The second kappa shape index (κ2) is 8.29. The number of hydrogen-bond acceptors (Lipinski definition) is 6. The van der Waals surface area contributed by atoms with E-state index in [4.69, 9.17) is 15.2 Å². The summed E-state index contributed by atoms with van der Waals surface area (Å²) in [5.74, 6) is 0.468. The van der Waals surface area contributed by atoms with E-state index in [0.29, 0.717) is 32.6 Å². The summed E-state index contributed by atoms with van der Waals surface area (Å²) in [5, 5.41) is 0. The zero-order valence-electron chi connectivity index (χ0n) is 12.6. The van der Waals surface area contributed by atoms with Crippen molar-refractivity contribution in [3.05, 3.63) is 0 Å². The predicted molar refractivity (Wildman–Crippen MR) is 79.6 cm³/mol. The molecule has 0 aromatic heterocycles. The number of nitrogens with two attached hydrogens (primary N) is 1. The monoisotopic (exact) mass is 308 g/mol. The predicted octanol–water partition coefficient (Wildman–Crippen LogP) is -0.123. The van der Waals surface area contributed by atoms with Gasteiger partial charge in [0.15, 0.2) is 0 Å². The minimum atomic E-state index is -2.88. The highest BCUT2D eigenvalue weighted by molar-refractivity contribution is 7.91. The van der Waals surface area contributed by atoms with Crippen molar-refractivity contribution >= 4 is 9.84 Å². The quantitative estimate of drug-likeness (QED) is 0.598. The number of rotatable bonds is 9. The lowest BCUT2D eigenvalue weighted by Gasteiger charge is -2.45. The summed E-state index contributed by atoms with van der Waals surface area (Å²) in [7, 11) is 0.479. The molecule has 0 radical (unpaired) electrons. The average Bonchev–Trinajstić information content (AvgIpc) is 2.44. The molecule has 120 valence electrons. The van der Waals surface area contributed by atoms with E-state index in [2.05, 4.69) is 4.90 Å². The third kappa shape index (κ3) is 4.96. The second-order valence-electron chi connectivity index (χ2n) is 5.41. The molecule has 1 aliphatic rings. The number of ether oxygens (including phenoxy) is 2. The fourth-order valence-electron chi connectivity index (χ4n) is 2.75. The van der Waals surface area contributed by atoms with Crippen LogP contribution in [0.25, 0.3) is 0 Å². The maximum Gasteiger partial charge on any atom is 0.150 e. The Morgan fingerprint density at radius 1 is 1.10 bits per heavy atom. The molecule has 1 heterocycles. The summed E-state index contributed by atoms with van der Waals surface area (Å²) >= 11 is 0. The molecule has 0 bridgehead atoms. The molecule has 0 spiro atoms. The molecule has 0 saturated carbocycles. The number of nitrogens with zero attached hydrogens (tertiary/aromatic N) is 1. The third-order valence-corrected chi connectivity index (χ3v) is 5.80. The molecule has 1 aliphatic heterocycles. The van der Waals surface area contributed by atoms with Crippen molar-refractivity contribution in [3.63, 3.8) is 0 Å². The van der Waals surface area contributed by atoms with E-state index in [9.17, 15) is 8.42 Å². The fraction of sp³-hybridized carbons (Fsp3) is 1.00. The van der Waals surface area contributed by atoms with E-state index < -0.39 is 9.84 Å². The Balaban J connectivity index is 2.72. The fourth-order valence-corrected chi connectivity index (χ4v) is 4.34. The van der Waals surface area contributed by atoms with Crippen LogP contribution in [0.5, 0.6) is 0 Å². The van der Waals surface area contributed by atoms with Crippen LogP contribution >= 0.6 is 0 Å². The first-order valence-electron chi connectivity index (χ1n) is 7.13. The van der Waals surface area contributed by atoms with Crippen LogP contribution < -0.4 is 5.73 Å². The highest BCUT2D eigenvalue weighted by atomic mass is 32.2. The smallest absolute Gasteiger partial charge is 0.150 e. The van der Waals surface area contributed by atoms with Crippen LogP contribution in [0.3, 0.4) is 0 Å². The van der Waals surface area contributed by atoms with Gasteiger partial charge < -0.3 is 15.2 Å². The van der Waals surface area contributed by atoms with Crippen LogP contribution in [0.4, 0.5) is 0 Å². The SMILES string of the molecule is COCCCN(CCOC)C1(CN)CCS(=O)(=O)CC1. The maximum absolute atomic E-state index is 11.6. The lowest BCUT2D eigenvalue weighted by atomic mass is 9.89. The van der Waals surface area contributed by atoms with E-state index in [0.717, 1.165) is 19.5 Å². The molecule has 1 fully saturated rings. The van der Waals surface area contributed by atoms with Gasteiger partial charge in [-0.15, -0.1) is 0 Å². The van der Waals surface area contributed by atoms with Gasteiger partial charge in [-0.1, -0.05) is 0 Å². The normalized spacial score (nSPS) is 21.2. The Labute approximate surface area is 122 Å². The van der Waals surface area contributed by atoms with Crippen molar-refractivity contribution < 1.29 is 17.9 Å². The molecule has 0 unspecified atom stereocenters. The lowest BCUT2D eigenvalue weighted by Crippen LogP contribution is -2.58. The van der Waals surface area contributed by atoms with Crippen LogP contribution in [0.1, 0.15) is 19.3 Å². The minimum absolute atomic E-state index is 0.211. The Morgan fingerprint density at radius 2 is 1.70 bits per heavy atom. The van der Waals surface area contributed by atoms with Gasteiger partial charge in [0.05, 0.1) is 18.1 Å². The highest BCUT2D eigenvalue weighted by Gasteiger charge is 2.40. The van der Waals surface area contributed by atoms with Crippen LogP contribution in [0.2, 0.25) is 0 Å². The number of hydrogen-bond donors (Lipinski definition) is 1. The van der Waals surface area contributed by atoms with E-state index >= 15 is 0 Å². The summed E-state index contributed by atoms with van der Waals surface area (Å²) in [5.41, 5.74) is 5.78. The maximum atomic E-state index is 11.6. The molecule has 0 atom stereocenters. The molecule has 0 aromatic carbocycles. The van der Waals surface area contributed by atoms with Crippen molar-refractivity contribution in [1.82, 2.24) is 4.90 Å². The molecule has 20 heavy (non-hydrogen) atoms. The van der Waals surface area contributed by atoms with E-state index in [1.165, 1.54) is 0 Å². The van der Waals surface area contributed by atoms with E-state index in [-0.39, 0.29) is 17.0 Å². The zero-order valence-corrected chi connectivity index (χ0v) is 13.5. The molecule has 0 amide bonds. The van der Waals surface area contributed by atoms with Crippen molar-refractivity contribution in [3.8, 4) is 0 Å². The summed E-state index contributed by atoms with van der Waals surface area (Å²) < 4.78 is 33.6. The molecule has 1 rings (SSSR count). The van der Waals surface area contributed by atoms with Crippen LogP contribution in [-0.2, 0) is 19.3 Å². The van der Waals surface area contributed by atoms with Gasteiger partial charge in [0, 0.05) is 46.0 Å². The highest BCUT2D eigenvalue weighted by Crippen LogP contribution is 2.29. The first kappa shape index (κ1) is 17.8. The summed E-state index contributed by atoms with van der Waals surface area (Å²) in [6.45, 7) is 3.44. The molecule has 6 nitrogen and oxygen atoms in total. The Bertz CT molecular complexity index is 359. The molecule has 1 saturated heterocycles. The van der Waals surface area contributed by atoms with Crippen LogP contribution in [-0.4, -0.2) is 77.4 Å². The van der Waals surface area contributed by atoms with Crippen molar-refractivity contribution in [2.24, 2.45) is 5.73 Å². The minimum Gasteiger partial charge on any atom is -0.385 e. The summed E-state index contributed by atoms with van der Waals surface area (Å²) in [4.78, 5) is 2.30. The zero-order chi connectivity index (χ0) is 15.1. The molecular weight excluding hydrogens is 280 g/mol. The standard InChI is InChI=1S/C13H28N2O4S/c1-18-8-3-6-15(7-9-19-2)13(12-14)4-10-20(16,17)11-5-13/h3-12,14H2,1-2H3. The average molecular weight is 308 g/mol. The van der Waals surface area contributed by atoms with Gasteiger partial charge in [0.2, 0.25) is 0 Å². The molecular formula is C13H28N2O4S. The Morgan fingerprint density at radius 3 is 2.20 bits per heavy atom. The largest absolute Gasteiger partial charge is 0.385 e. The van der Waals surface area contributed by atoms with Gasteiger partial charge in [-0.2, -0.15) is 0 Å².